The molecule has 1 heterocycles. The Balaban J connectivity index is 2.06. The molecule has 1 aromatic carbocycles. The van der Waals surface area contributed by atoms with Crippen molar-refractivity contribution in [1.82, 2.24) is 10.2 Å². The third kappa shape index (κ3) is 4.08. The van der Waals surface area contributed by atoms with Gasteiger partial charge in [0.1, 0.15) is 0 Å². The second-order valence-corrected chi connectivity index (χ2v) is 5.32. The summed E-state index contributed by atoms with van der Waals surface area (Å²) in [6, 6.07) is 8.71. The van der Waals surface area contributed by atoms with Gasteiger partial charge in [-0.1, -0.05) is 30.9 Å². The molecule has 20 heavy (non-hydrogen) atoms. The molecular weight excluding hydrogens is 248 g/mol. The Hall–Kier alpha value is -1.34. The van der Waals surface area contributed by atoms with E-state index < -0.39 is 0 Å². The van der Waals surface area contributed by atoms with Crippen molar-refractivity contribution in [2.24, 2.45) is 0 Å². The highest BCUT2D eigenvalue weighted by molar-refractivity contribution is 5.38. The molecule has 2 atom stereocenters. The minimum Gasteiger partial charge on any atom is -0.392 e. The van der Waals surface area contributed by atoms with Crippen LogP contribution in [0.1, 0.15) is 36.9 Å². The van der Waals surface area contributed by atoms with E-state index in [2.05, 4.69) is 53.2 Å². The molecule has 3 heteroatoms. The largest absolute Gasteiger partial charge is 0.392 e. The van der Waals surface area contributed by atoms with Crippen LogP contribution in [0.3, 0.4) is 0 Å². The van der Waals surface area contributed by atoms with E-state index in [0.717, 1.165) is 38.0 Å². The molecule has 0 spiro atoms. The van der Waals surface area contributed by atoms with E-state index in [0.29, 0.717) is 0 Å². The lowest BCUT2D eigenvalue weighted by molar-refractivity contribution is 0.173. The lowest BCUT2D eigenvalue weighted by atomic mass is 10.0. The molecule has 2 rings (SSSR count). The van der Waals surface area contributed by atoms with Crippen molar-refractivity contribution in [2.45, 2.75) is 31.9 Å². The topological polar surface area (TPSA) is 35.5 Å². The molecule has 1 saturated heterocycles. The van der Waals surface area contributed by atoms with Gasteiger partial charge in [-0.25, -0.2) is 0 Å². The van der Waals surface area contributed by atoms with Gasteiger partial charge in [-0.2, -0.15) is 0 Å². The van der Waals surface area contributed by atoms with Crippen molar-refractivity contribution in [3.05, 3.63) is 35.4 Å². The number of hydrogen-bond donors (Lipinski definition) is 2. The van der Waals surface area contributed by atoms with Gasteiger partial charge in [-0.15, -0.1) is 0 Å². The molecule has 0 amide bonds. The summed E-state index contributed by atoms with van der Waals surface area (Å²) < 4.78 is 0. The smallest absolute Gasteiger partial charge is 0.0679 e. The first-order valence-electron chi connectivity index (χ1n) is 7.39. The second kappa shape index (κ2) is 7.44. The minimum atomic E-state index is -0.158. The summed E-state index contributed by atoms with van der Waals surface area (Å²) in [5.74, 6) is 6.30. The second-order valence-electron chi connectivity index (χ2n) is 5.32. The quantitative estimate of drug-likeness (QED) is 0.820. The zero-order chi connectivity index (χ0) is 14.4. The molecule has 1 aromatic rings. The number of aliphatic hydroxyl groups is 1. The molecule has 1 aliphatic heterocycles. The van der Waals surface area contributed by atoms with Gasteiger partial charge >= 0.3 is 0 Å². The maximum atomic E-state index is 9.62. The number of likely N-dealkylation sites (N-methyl/N-ethyl adjacent to an activating group) is 1. The van der Waals surface area contributed by atoms with Gasteiger partial charge < -0.3 is 10.4 Å². The molecular formula is C17H24N2O. The SMILES string of the molecule is CCC#Cc1cccc([C@@H](CN2CC[C@@H](O)C2)NC)c1. The Bertz CT molecular complexity index is 489. The van der Waals surface area contributed by atoms with Crippen LogP contribution < -0.4 is 5.32 Å². The van der Waals surface area contributed by atoms with Crippen LogP contribution in [-0.2, 0) is 0 Å². The summed E-state index contributed by atoms with van der Waals surface area (Å²) in [6.45, 7) is 4.76. The number of hydrogen-bond acceptors (Lipinski definition) is 3. The highest BCUT2D eigenvalue weighted by atomic mass is 16.3. The van der Waals surface area contributed by atoms with E-state index in [9.17, 15) is 5.11 Å². The monoisotopic (exact) mass is 272 g/mol. The molecule has 1 fully saturated rings. The minimum absolute atomic E-state index is 0.158. The standard InChI is InChI=1S/C17H24N2O/c1-3-4-6-14-7-5-8-15(11-14)17(18-2)13-19-10-9-16(20)12-19/h5,7-8,11,16-18,20H,3,9-10,12-13H2,1-2H3/t16-,17-/m1/s1. The number of likely N-dealkylation sites (tertiary alicyclic amines) is 1. The Morgan fingerprint density at radius 1 is 1.50 bits per heavy atom. The molecule has 0 radical (unpaired) electrons. The first-order valence-corrected chi connectivity index (χ1v) is 7.39. The number of nitrogens with zero attached hydrogens (tertiary/aromatic N) is 1. The van der Waals surface area contributed by atoms with Gasteiger partial charge in [0, 0.05) is 37.7 Å². The Labute approximate surface area is 122 Å². The van der Waals surface area contributed by atoms with Crippen LogP contribution in [0, 0.1) is 11.8 Å². The Kier molecular flexibility index (Phi) is 5.60. The van der Waals surface area contributed by atoms with Crippen molar-refractivity contribution in [2.75, 3.05) is 26.7 Å². The summed E-state index contributed by atoms with van der Waals surface area (Å²) in [7, 11) is 1.99. The molecule has 0 saturated carbocycles. The number of nitrogens with one attached hydrogen (secondary N) is 1. The molecule has 108 valence electrons. The number of benzene rings is 1. The first kappa shape index (κ1) is 15.1. The average Bonchev–Trinajstić information content (AvgIpc) is 2.88. The van der Waals surface area contributed by atoms with Crippen LogP contribution >= 0.6 is 0 Å². The van der Waals surface area contributed by atoms with Crippen molar-refractivity contribution in [1.29, 1.82) is 0 Å². The van der Waals surface area contributed by atoms with Gasteiger partial charge in [0.15, 0.2) is 0 Å². The third-order valence-electron chi connectivity index (χ3n) is 3.74. The maximum absolute atomic E-state index is 9.62. The van der Waals surface area contributed by atoms with E-state index in [1.807, 2.05) is 7.05 Å². The van der Waals surface area contributed by atoms with Crippen molar-refractivity contribution in [3.63, 3.8) is 0 Å². The zero-order valence-electron chi connectivity index (χ0n) is 12.4. The summed E-state index contributed by atoms with van der Waals surface area (Å²) in [4.78, 5) is 2.32. The summed E-state index contributed by atoms with van der Waals surface area (Å²) in [5.41, 5.74) is 2.34. The predicted molar refractivity (Wildman–Crippen MR) is 82.5 cm³/mol. The first-order chi connectivity index (χ1) is 9.72. The van der Waals surface area contributed by atoms with Gasteiger partial charge in [0.25, 0.3) is 0 Å². The molecule has 3 nitrogen and oxygen atoms in total. The molecule has 0 bridgehead atoms. The summed E-state index contributed by atoms with van der Waals surface area (Å²) >= 11 is 0. The Morgan fingerprint density at radius 3 is 3.00 bits per heavy atom. The average molecular weight is 272 g/mol. The van der Waals surface area contributed by atoms with Gasteiger partial charge in [-0.05, 0) is 31.2 Å². The summed E-state index contributed by atoms with van der Waals surface area (Å²) in [5, 5.41) is 13.0. The summed E-state index contributed by atoms with van der Waals surface area (Å²) in [6.07, 6.45) is 1.61. The van der Waals surface area contributed by atoms with Crippen molar-refractivity contribution >= 4 is 0 Å². The van der Waals surface area contributed by atoms with Crippen molar-refractivity contribution < 1.29 is 5.11 Å². The normalized spacial score (nSPS) is 20.4. The van der Waals surface area contributed by atoms with Crippen LogP contribution in [0.25, 0.3) is 0 Å². The van der Waals surface area contributed by atoms with E-state index in [-0.39, 0.29) is 12.1 Å². The van der Waals surface area contributed by atoms with Gasteiger partial charge in [0.2, 0.25) is 0 Å². The van der Waals surface area contributed by atoms with Gasteiger partial charge in [-0.3, -0.25) is 4.90 Å². The van der Waals surface area contributed by atoms with E-state index in [4.69, 9.17) is 0 Å². The zero-order valence-corrected chi connectivity index (χ0v) is 12.4. The molecule has 0 unspecified atom stereocenters. The van der Waals surface area contributed by atoms with Crippen LogP contribution in [-0.4, -0.2) is 42.8 Å². The Morgan fingerprint density at radius 2 is 2.35 bits per heavy atom. The molecule has 0 aromatic heterocycles. The van der Waals surface area contributed by atoms with E-state index in [1.54, 1.807) is 0 Å². The van der Waals surface area contributed by atoms with Crippen LogP contribution in [0.5, 0.6) is 0 Å². The number of rotatable bonds is 4. The maximum Gasteiger partial charge on any atom is 0.0679 e. The fourth-order valence-electron chi connectivity index (χ4n) is 2.62. The van der Waals surface area contributed by atoms with Crippen LogP contribution in [0.15, 0.2) is 24.3 Å². The fourth-order valence-corrected chi connectivity index (χ4v) is 2.62. The number of β-amino-alcohol motifs (C(OH)–C–C–N with tert-alkyl or cyclic N) is 1. The van der Waals surface area contributed by atoms with Gasteiger partial charge in [0.05, 0.1) is 6.10 Å². The highest BCUT2D eigenvalue weighted by Crippen LogP contribution is 2.18. The highest BCUT2D eigenvalue weighted by Gasteiger charge is 2.23. The lowest BCUT2D eigenvalue weighted by Crippen LogP contribution is -2.33. The third-order valence-corrected chi connectivity index (χ3v) is 3.74. The predicted octanol–water partition coefficient (Wildman–Crippen LogP) is 1.78. The van der Waals surface area contributed by atoms with Crippen molar-refractivity contribution in [3.8, 4) is 11.8 Å². The number of aliphatic hydroxyl groups excluding tert-OH is 1. The fraction of sp³-hybridized carbons (Fsp3) is 0.529. The van der Waals surface area contributed by atoms with E-state index in [1.165, 1.54) is 5.56 Å². The van der Waals surface area contributed by atoms with Crippen LogP contribution in [0.4, 0.5) is 0 Å². The van der Waals surface area contributed by atoms with Crippen LogP contribution in [0.2, 0.25) is 0 Å². The molecule has 1 aliphatic rings. The molecule has 0 aliphatic carbocycles. The molecule has 2 N–H and O–H groups in total. The lowest BCUT2D eigenvalue weighted by Gasteiger charge is -2.23. The van der Waals surface area contributed by atoms with E-state index >= 15 is 0 Å².